The summed E-state index contributed by atoms with van der Waals surface area (Å²) in [7, 11) is 1.75. The van der Waals surface area contributed by atoms with Crippen LogP contribution in [0.4, 0.5) is 0 Å². The molecule has 26 heavy (non-hydrogen) atoms. The van der Waals surface area contributed by atoms with Crippen molar-refractivity contribution < 1.29 is 19.5 Å². The third kappa shape index (κ3) is 4.16. The fraction of sp³-hybridized carbons (Fsp3) is 0.389. The van der Waals surface area contributed by atoms with Crippen molar-refractivity contribution in [2.24, 2.45) is 13.0 Å². The third-order valence-electron chi connectivity index (χ3n) is 4.20. The van der Waals surface area contributed by atoms with Crippen LogP contribution in [-0.2, 0) is 16.6 Å². The summed E-state index contributed by atoms with van der Waals surface area (Å²) in [5.41, 5.74) is 1.22. The summed E-state index contributed by atoms with van der Waals surface area (Å²) in [6.07, 6.45) is 0. The zero-order valence-electron chi connectivity index (χ0n) is 15.0. The first-order valence-corrected chi connectivity index (χ1v) is 8.58. The molecule has 2 rings (SSSR count). The maximum atomic E-state index is 12.7. The van der Waals surface area contributed by atoms with Crippen molar-refractivity contribution in [2.75, 3.05) is 0 Å². The number of amides is 2. The first-order chi connectivity index (χ1) is 12.1. The predicted molar refractivity (Wildman–Crippen MR) is 99.3 cm³/mol. The molecule has 0 aliphatic heterocycles. The smallest absolute Gasteiger partial charge is 0.325 e. The van der Waals surface area contributed by atoms with Gasteiger partial charge >= 0.3 is 5.97 Å². The number of hydrogen-bond acceptors (Lipinski definition) is 3. The molecular weight excluding hydrogens is 358 g/mol. The highest BCUT2D eigenvalue weighted by atomic mass is 35.5. The Morgan fingerprint density at radius 2 is 1.77 bits per heavy atom. The molecule has 8 heteroatoms. The van der Waals surface area contributed by atoms with Gasteiger partial charge in [-0.3, -0.25) is 14.4 Å². The minimum atomic E-state index is -1.14. The highest BCUT2D eigenvalue weighted by Gasteiger charge is 2.28. The number of nitrogens with zero attached hydrogens (tertiary/aromatic N) is 1. The standard InChI is InChI=1S/C18H22ClN3O4/c1-9(2)15(17(24)20-10(3)18(25)26)21-16(23)14-8-11-7-12(19)5-6-13(11)22(14)4/h5-10,15H,1-4H3,(H,20,24)(H,21,23)(H,25,26)/t10-,15-/m0/s1. The summed E-state index contributed by atoms with van der Waals surface area (Å²) in [4.78, 5) is 36.0. The zero-order valence-corrected chi connectivity index (χ0v) is 15.8. The number of halogens is 1. The van der Waals surface area contributed by atoms with Gasteiger partial charge in [0.05, 0.1) is 0 Å². The van der Waals surface area contributed by atoms with Crippen molar-refractivity contribution in [2.45, 2.75) is 32.9 Å². The monoisotopic (exact) mass is 379 g/mol. The molecule has 1 aromatic heterocycles. The molecule has 0 aliphatic rings. The van der Waals surface area contributed by atoms with Crippen molar-refractivity contribution >= 4 is 40.3 Å². The molecule has 0 fully saturated rings. The summed E-state index contributed by atoms with van der Waals surface area (Å²) in [5, 5.41) is 15.4. The van der Waals surface area contributed by atoms with E-state index in [1.165, 1.54) is 6.92 Å². The van der Waals surface area contributed by atoms with Crippen LogP contribution < -0.4 is 10.6 Å². The maximum Gasteiger partial charge on any atom is 0.325 e. The number of rotatable bonds is 6. The van der Waals surface area contributed by atoms with Gasteiger partial charge < -0.3 is 20.3 Å². The number of aliphatic carboxylic acids is 1. The third-order valence-corrected chi connectivity index (χ3v) is 4.44. The van der Waals surface area contributed by atoms with Crippen LogP contribution in [0.25, 0.3) is 10.9 Å². The van der Waals surface area contributed by atoms with Crippen LogP contribution in [0.1, 0.15) is 31.3 Å². The first kappa shape index (κ1) is 19.8. The Kier molecular flexibility index (Phi) is 5.92. The molecule has 2 aromatic rings. The fourth-order valence-corrected chi connectivity index (χ4v) is 2.83. The van der Waals surface area contributed by atoms with Gasteiger partial charge in [0.25, 0.3) is 5.91 Å². The number of carbonyl (C=O) groups excluding carboxylic acids is 2. The fourth-order valence-electron chi connectivity index (χ4n) is 2.65. The van der Waals surface area contributed by atoms with Crippen LogP contribution in [0.3, 0.4) is 0 Å². The highest BCUT2D eigenvalue weighted by Crippen LogP contribution is 2.22. The molecule has 1 heterocycles. The van der Waals surface area contributed by atoms with Crippen molar-refractivity contribution in [1.29, 1.82) is 0 Å². The summed E-state index contributed by atoms with van der Waals surface area (Å²) < 4.78 is 1.72. The number of nitrogens with one attached hydrogen (secondary N) is 2. The molecule has 0 radical (unpaired) electrons. The van der Waals surface area contributed by atoms with Crippen LogP contribution >= 0.6 is 11.6 Å². The number of benzene rings is 1. The van der Waals surface area contributed by atoms with Gasteiger partial charge in [-0.05, 0) is 37.1 Å². The Hall–Kier alpha value is -2.54. The van der Waals surface area contributed by atoms with Crippen molar-refractivity contribution in [3.8, 4) is 0 Å². The molecule has 7 nitrogen and oxygen atoms in total. The molecule has 0 aliphatic carbocycles. The molecule has 1 aromatic carbocycles. The molecule has 2 amide bonds. The van der Waals surface area contributed by atoms with E-state index in [-0.39, 0.29) is 5.92 Å². The van der Waals surface area contributed by atoms with Gasteiger partial charge in [0.2, 0.25) is 5.91 Å². The second kappa shape index (κ2) is 7.78. The SMILES string of the molecule is CC(C)[C@H](NC(=O)c1cc2cc(Cl)ccc2n1C)C(=O)N[C@@H](C)C(=O)O. The number of aromatic nitrogens is 1. The van der Waals surface area contributed by atoms with Crippen LogP contribution in [0.5, 0.6) is 0 Å². The van der Waals surface area contributed by atoms with Crippen LogP contribution in [0.15, 0.2) is 24.3 Å². The van der Waals surface area contributed by atoms with Gasteiger partial charge in [0.1, 0.15) is 17.8 Å². The molecule has 0 saturated carbocycles. The average Bonchev–Trinajstić information content (AvgIpc) is 2.87. The largest absolute Gasteiger partial charge is 0.480 e. The van der Waals surface area contributed by atoms with E-state index in [1.54, 1.807) is 43.7 Å². The molecule has 0 spiro atoms. The van der Waals surface area contributed by atoms with Gasteiger partial charge in [-0.25, -0.2) is 0 Å². The van der Waals surface area contributed by atoms with E-state index < -0.39 is 29.9 Å². The lowest BCUT2D eigenvalue weighted by Gasteiger charge is -2.23. The zero-order chi connectivity index (χ0) is 19.6. The minimum Gasteiger partial charge on any atom is -0.480 e. The van der Waals surface area contributed by atoms with Crippen LogP contribution in [-0.4, -0.2) is 39.5 Å². The van der Waals surface area contributed by atoms with Crippen molar-refractivity contribution in [1.82, 2.24) is 15.2 Å². The number of carbonyl (C=O) groups is 3. The lowest BCUT2D eigenvalue weighted by molar-refractivity contribution is -0.141. The number of hydrogen-bond donors (Lipinski definition) is 3. The summed E-state index contributed by atoms with van der Waals surface area (Å²) in [5.74, 6) is -2.32. The second-order valence-electron chi connectivity index (χ2n) is 6.56. The summed E-state index contributed by atoms with van der Waals surface area (Å²) >= 11 is 5.99. The normalized spacial score (nSPS) is 13.5. The maximum absolute atomic E-state index is 12.7. The number of aryl methyl sites for hydroxylation is 1. The second-order valence-corrected chi connectivity index (χ2v) is 6.99. The van der Waals surface area contributed by atoms with Gasteiger partial charge in [0.15, 0.2) is 0 Å². The van der Waals surface area contributed by atoms with E-state index >= 15 is 0 Å². The number of carboxylic acids is 1. The molecule has 140 valence electrons. The first-order valence-electron chi connectivity index (χ1n) is 8.20. The quantitative estimate of drug-likeness (QED) is 0.716. The Balaban J connectivity index is 2.24. The number of carboxylic acid groups (broad SMARTS) is 1. The molecule has 3 N–H and O–H groups in total. The van der Waals surface area contributed by atoms with Crippen LogP contribution in [0.2, 0.25) is 5.02 Å². The predicted octanol–water partition coefficient (Wildman–Crippen LogP) is 2.18. The summed E-state index contributed by atoms with van der Waals surface area (Å²) in [6.45, 7) is 4.92. The lowest BCUT2D eigenvalue weighted by atomic mass is 10.0. The Labute approximate surface area is 156 Å². The van der Waals surface area contributed by atoms with Crippen LogP contribution in [0, 0.1) is 5.92 Å². The Morgan fingerprint density at radius 1 is 1.12 bits per heavy atom. The van der Waals surface area contributed by atoms with Gasteiger partial charge in [0, 0.05) is 23.0 Å². The Morgan fingerprint density at radius 3 is 2.35 bits per heavy atom. The molecule has 0 saturated heterocycles. The van der Waals surface area contributed by atoms with Crippen molar-refractivity contribution in [3.63, 3.8) is 0 Å². The van der Waals surface area contributed by atoms with Gasteiger partial charge in [-0.15, -0.1) is 0 Å². The lowest BCUT2D eigenvalue weighted by Crippen LogP contribution is -2.53. The average molecular weight is 380 g/mol. The topological polar surface area (TPSA) is 100 Å². The summed E-state index contributed by atoms with van der Waals surface area (Å²) in [6, 6.07) is 5.12. The molecule has 0 unspecified atom stereocenters. The van der Waals surface area contributed by atoms with E-state index in [4.69, 9.17) is 16.7 Å². The van der Waals surface area contributed by atoms with Gasteiger partial charge in [-0.1, -0.05) is 25.4 Å². The molecule has 0 bridgehead atoms. The molecular formula is C18H22ClN3O4. The highest BCUT2D eigenvalue weighted by molar-refractivity contribution is 6.31. The Bertz CT molecular complexity index is 859. The van der Waals surface area contributed by atoms with E-state index in [0.29, 0.717) is 10.7 Å². The van der Waals surface area contributed by atoms with Crippen molar-refractivity contribution in [3.05, 3.63) is 35.0 Å². The van der Waals surface area contributed by atoms with Gasteiger partial charge in [-0.2, -0.15) is 0 Å². The van der Waals surface area contributed by atoms with E-state index in [0.717, 1.165) is 10.9 Å². The van der Waals surface area contributed by atoms with E-state index in [9.17, 15) is 14.4 Å². The van der Waals surface area contributed by atoms with E-state index in [2.05, 4.69) is 10.6 Å². The van der Waals surface area contributed by atoms with E-state index in [1.807, 2.05) is 6.07 Å². The molecule has 2 atom stereocenters. The number of fused-ring (bicyclic) bond motifs is 1. The minimum absolute atomic E-state index is 0.218.